The van der Waals surface area contributed by atoms with E-state index >= 15 is 0 Å². The van der Waals surface area contributed by atoms with Gasteiger partial charge in [0.05, 0.1) is 22.9 Å². The molecule has 1 heterocycles. The molecule has 0 atom stereocenters. The molecule has 8 heteroatoms. The van der Waals surface area contributed by atoms with Crippen LogP contribution in [-0.4, -0.2) is 27.6 Å². The van der Waals surface area contributed by atoms with Crippen molar-refractivity contribution in [3.05, 3.63) is 81.6 Å². The second kappa shape index (κ2) is 9.17. The molecule has 0 N–H and O–H groups in total. The average molecular weight is 464 g/mol. The number of benzene rings is 2. The van der Waals surface area contributed by atoms with E-state index in [9.17, 15) is 13.6 Å². The van der Waals surface area contributed by atoms with Crippen molar-refractivity contribution >= 4 is 21.8 Å². The van der Waals surface area contributed by atoms with Gasteiger partial charge in [-0.15, -0.1) is 0 Å². The first-order chi connectivity index (χ1) is 13.9. The normalized spacial score (nSPS) is 10.8. The fourth-order valence-corrected chi connectivity index (χ4v) is 3.30. The molecule has 0 aliphatic rings. The lowest BCUT2D eigenvalue weighted by Crippen LogP contribution is -2.27. The highest BCUT2D eigenvalue weighted by atomic mass is 79.9. The molecule has 29 heavy (non-hydrogen) atoms. The summed E-state index contributed by atoms with van der Waals surface area (Å²) >= 11 is 3.46. The first kappa shape index (κ1) is 21.0. The van der Waals surface area contributed by atoms with Gasteiger partial charge in [0.25, 0.3) is 5.91 Å². The second-order valence-electron chi connectivity index (χ2n) is 6.48. The summed E-state index contributed by atoms with van der Waals surface area (Å²) in [6.45, 7) is 3.14. The third-order valence-electron chi connectivity index (χ3n) is 4.39. The zero-order valence-corrected chi connectivity index (χ0v) is 17.6. The Bertz CT molecular complexity index is 1020. The van der Waals surface area contributed by atoms with Gasteiger partial charge in [-0.2, -0.15) is 5.10 Å². The Labute approximate surface area is 176 Å². The van der Waals surface area contributed by atoms with Crippen molar-refractivity contribution in [2.45, 2.75) is 26.6 Å². The molecule has 3 aromatic rings. The van der Waals surface area contributed by atoms with Crippen LogP contribution in [0.1, 0.15) is 28.5 Å². The van der Waals surface area contributed by atoms with Crippen LogP contribution in [0.2, 0.25) is 0 Å². The third kappa shape index (κ3) is 5.00. The molecule has 152 valence electrons. The van der Waals surface area contributed by atoms with Crippen molar-refractivity contribution < 1.29 is 18.3 Å². The van der Waals surface area contributed by atoms with Gasteiger partial charge in [0.15, 0.2) is 11.6 Å². The van der Waals surface area contributed by atoms with Crippen LogP contribution < -0.4 is 4.74 Å². The highest BCUT2D eigenvalue weighted by Crippen LogP contribution is 2.21. The molecule has 0 spiro atoms. The number of ether oxygens (including phenoxy) is 1. The maximum atomic E-state index is 13.7. The second-order valence-corrected chi connectivity index (χ2v) is 7.33. The predicted molar refractivity (Wildman–Crippen MR) is 109 cm³/mol. The van der Waals surface area contributed by atoms with Crippen LogP contribution in [0.3, 0.4) is 0 Å². The van der Waals surface area contributed by atoms with E-state index in [-0.39, 0.29) is 18.3 Å². The fraction of sp³-hybridized carbons (Fsp3) is 0.238. The number of carbonyl (C=O) groups excluding carboxylic acids is 1. The van der Waals surface area contributed by atoms with Gasteiger partial charge < -0.3 is 9.64 Å². The van der Waals surface area contributed by atoms with Crippen molar-refractivity contribution in [3.8, 4) is 5.75 Å². The minimum atomic E-state index is -0.768. The van der Waals surface area contributed by atoms with E-state index in [2.05, 4.69) is 21.0 Å². The summed E-state index contributed by atoms with van der Waals surface area (Å²) in [5.74, 6) is -1.63. The summed E-state index contributed by atoms with van der Waals surface area (Å²) in [5, 5.41) is 4.26. The molecule has 0 bridgehead atoms. The Kier molecular flexibility index (Phi) is 6.64. The standard InChI is InChI=1S/C21H20BrF2N3O2/c1-3-27-19(17(22)11-25-27)12-26(2)21(28)15-6-4-5-14(9-15)13-29-20-8-7-16(23)10-18(20)24/h4-11H,3,12-13H2,1-2H3. The molecule has 1 amide bonds. The molecule has 0 unspecified atom stereocenters. The van der Waals surface area contributed by atoms with Crippen LogP contribution in [-0.2, 0) is 19.7 Å². The molecule has 1 aromatic heterocycles. The van der Waals surface area contributed by atoms with Crippen LogP contribution in [0.15, 0.2) is 53.1 Å². The van der Waals surface area contributed by atoms with Crippen LogP contribution >= 0.6 is 15.9 Å². The van der Waals surface area contributed by atoms with Crippen LogP contribution in [0.5, 0.6) is 5.75 Å². The van der Waals surface area contributed by atoms with E-state index in [1.54, 1.807) is 42.4 Å². The number of aromatic nitrogens is 2. The minimum Gasteiger partial charge on any atom is -0.486 e. The molecule has 2 aromatic carbocycles. The number of rotatable bonds is 7. The number of aryl methyl sites for hydroxylation is 1. The minimum absolute atomic E-state index is 0.0436. The van der Waals surface area contributed by atoms with Gasteiger partial charge in [0, 0.05) is 25.2 Å². The maximum absolute atomic E-state index is 13.7. The number of hydrogen-bond acceptors (Lipinski definition) is 3. The monoisotopic (exact) mass is 463 g/mol. The fourth-order valence-electron chi connectivity index (χ4n) is 2.88. The Morgan fingerprint density at radius 1 is 1.24 bits per heavy atom. The van der Waals surface area contributed by atoms with Crippen molar-refractivity contribution in [1.29, 1.82) is 0 Å². The highest BCUT2D eigenvalue weighted by molar-refractivity contribution is 9.10. The molecule has 0 saturated carbocycles. The maximum Gasteiger partial charge on any atom is 0.253 e. The van der Waals surface area contributed by atoms with Gasteiger partial charge >= 0.3 is 0 Å². The number of carbonyl (C=O) groups is 1. The number of amides is 1. The van der Waals surface area contributed by atoms with Crippen LogP contribution in [0.25, 0.3) is 0 Å². The van der Waals surface area contributed by atoms with Gasteiger partial charge in [0.2, 0.25) is 0 Å². The lowest BCUT2D eigenvalue weighted by molar-refractivity contribution is 0.0781. The zero-order valence-electron chi connectivity index (χ0n) is 16.0. The van der Waals surface area contributed by atoms with E-state index < -0.39 is 11.6 Å². The van der Waals surface area contributed by atoms with Crippen molar-refractivity contribution in [3.63, 3.8) is 0 Å². The van der Waals surface area contributed by atoms with Gasteiger partial charge in [-0.25, -0.2) is 8.78 Å². The van der Waals surface area contributed by atoms with E-state index in [0.29, 0.717) is 24.2 Å². The van der Waals surface area contributed by atoms with Gasteiger partial charge in [-0.3, -0.25) is 9.48 Å². The van der Waals surface area contributed by atoms with Crippen molar-refractivity contribution in [1.82, 2.24) is 14.7 Å². The summed E-state index contributed by atoms with van der Waals surface area (Å²) in [6.07, 6.45) is 1.71. The third-order valence-corrected chi connectivity index (χ3v) is 5.06. The predicted octanol–water partition coefficient (Wildman–Crippen LogP) is 4.79. The summed E-state index contributed by atoms with van der Waals surface area (Å²) in [6, 6.07) is 10.1. The molecule has 0 fully saturated rings. The molecule has 5 nitrogen and oxygen atoms in total. The average Bonchev–Trinajstić information content (AvgIpc) is 3.06. The van der Waals surface area contributed by atoms with E-state index in [1.165, 1.54) is 6.07 Å². The Morgan fingerprint density at radius 3 is 2.76 bits per heavy atom. The number of nitrogens with zero attached hydrogens (tertiary/aromatic N) is 3. The SMILES string of the molecule is CCn1ncc(Br)c1CN(C)C(=O)c1cccc(COc2ccc(F)cc2F)c1. The summed E-state index contributed by atoms with van der Waals surface area (Å²) < 4.78 is 34.8. The lowest BCUT2D eigenvalue weighted by atomic mass is 10.1. The molecular formula is C21H20BrF2N3O2. The van der Waals surface area contributed by atoms with Crippen molar-refractivity contribution in [2.75, 3.05) is 7.05 Å². The summed E-state index contributed by atoms with van der Waals surface area (Å²) in [4.78, 5) is 14.4. The smallest absolute Gasteiger partial charge is 0.253 e. The largest absolute Gasteiger partial charge is 0.486 e. The quantitative estimate of drug-likeness (QED) is 0.505. The number of hydrogen-bond donors (Lipinski definition) is 0. The first-order valence-electron chi connectivity index (χ1n) is 9.01. The van der Waals surface area contributed by atoms with E-state index in [4.69, 9.17) is 4.74 Å². The molecule has 0 radical (unpaired) electrons. The molecule has 0 aliphatic carbocycles. The Balaban J connectivity index is 1.69. The van der Waals surface area contributed by atoms with Crippen LogP contribution in [0, 0.1) is 11.6 Å². The van der Waals surface area contributed by atoms with Crippen molar-refractivity contribution in [2.24, 2.45) is 0 Å². The molecular weight excluding hydrogens is 444 g/mol. The highest BCUT2D eigenvalue weighted by Gasteiger charge is 2.17. The summed E-state index contributed by atoms with van der Waals surface area (Å²) in [7, 11) is 1.72. The van der Waals surface area contributed by atoms with E-state index in [1.807, 2.05) is 11.6 Å². The van der Waals surface area contributed by atoms with Gasteiger partial charge in [-0.1, -0.05) is 12.1 Å². The number of halogens is 3. The zero-order chi connectivity index (χ0) is 21.0. The van der Waals surface area contributed by atoms with Crippen LogP contribution in [0.4, 0.5) is 8.78 Å². The summed E-state index contributed by atoms with van der Waals surface area (Å²) in [5.41, 5.74) is 2.11. The molecule has 0 saturated heterocycles. The topological polar surface area (TPSA) is 47.4 Å². The molecule has 3 rings (SSSR count). The van der Waals surface area contributed by atoms with Gasteiger partial charge in [0.1, 0.15) is 12.4 Å². The van der Waals surface area contributed by atoms with E-state index in [0.717, 1.165) is 22.3 Å². The Morgan fingerprint density at radius 2 is 2.03 bits per heavy atom. The lowest BCUT2D eigenvalue weighted by Gasteiger charge is -2.19. The molecule has 0 aliphatic heterocycles. The van der Waals surface area contributed by atoms with Gasteiger partial charge in [-0.05, 0) is 52.7 Å². The first-order valence-corrected chi connectivity index (χ1v) is 9.80. The Hall–Kier alpha value is -2.74.